The van der Waals surface area contributed by atoms with Crippen LogP contribution >= 0.6 is 0 Å². The van der Waals surface area contributed by atoms with E-state index in [9.17, 15) is 4.79 Å². The summed E-state index contributed by atoms with van der Waals surface area (Å²) in [5, 5.41) is 2.46. The molecule has 0 heterocycles. The van der Waals surface area contributed by atoms with E-state index < -0.39 is 6.09 Å². The van der Waals surface area contributed by atoms with E-state index in [0.717, 1.165) is 5.69 Å². The Kier molecular flexibility index (Phi) is 6.79. The Hall–Kier alpha value is -0.820. The molecule has 0 spiro atoms. The second-order valence-corrected chi connectivity index (χ2v) is 5.53. The molecule has 1 aromatic rings. The maximum absolute atomic E-state index is 11.3. The Morgan fingerprint density at radius 3 is 2.26 bits per heavy atom. The van der Waals surface area contributed by atoms with Crippen LogP contribution in [0.25, 0.3) is 0 Å². The molecule has 0 saturated heterocycles. The van der Waals surface area contributed by atoms with Crippen molar-refractivity contribution >= 4 is 11.8 Å². The lowest BCUT2D eigenvalue weighted by atomic mass is 10.0. The molecule has 0 aliphatic rings. The number of ether oxygens (including phenoxy) is 1. The third kappa shape index (κ3) is 4.99. The van der Waals surface area contributed by atoms with Gasteiger partial charge in [0.2, 0.25) is 0 Å². The van der Waals surface area contributed by atoms with Gasteiger partial charge in [-0.2, -0.15) is 0 Å². The summed E-state index contributed by atoms with van der Waals surface area (Å²) in [7, 11) is 7.71. The SMILES string of the molecule is CNC(=O)Oc1ccc(C(C)C)cc1[N+](C)(C)C.[I-]. The number of halogens is 1. The van der Waals surface area contributed by atoms with Crippen molar-refractivity contribution in [1.29, 1.82) is 0 Å². The second-order valence-electron chi connectivity index (χ2n) is 5.53. The van der Waals surface area contributed by atoms with E-state index in [1.165, 1.54) is 5.56 Å². The van der Waals surface area contributed by atoms with Crippen LogP contribution in [0.1, 0.15) is 25.3 Å². The predicted molar refractivity (Wildman–Crippen MR) is 75.2 cm³/mol. The lowest BCUT2D eigenvalue weighted by molar-refractivity contribution is -0.00000919. The number of amides is 1. The Bertz CT molecular complexity index is 440. The summed E-state index contributed by atoms with van der Waals surface area (Å²) in [6, 6.07) is 5.97. The average molecular weight is 378 g/mol. The van der Waals surface area contributed by atoms with Gasteiger partial charge in [-0.3, -0.25) is 4.48 Å². The average Bonchev–Trinajstić information content (AvgIpc) is 2.27. The number of nitrogens with one attached hydrogen (secondary N) is 1. The monoisotopic (exact) mass is 378 g/mol. The number of benzene rings is 1. The molecule has 0 bridgehead atoms. The molecule has 0 aliphatic heterocycles. The van der Waals surface area contributed by atoms with Crippen LogP contribution in [0, 0.1) is 0 Å². The summed E-state index contributed by atoms with van der Waals surface area (Å²) in [4.78, 5) is 11.3. The first-order valence-corrected chi connectivity index (χ1v) is 6.11. The van der Waals surface area contributed by atoms with Crippen LogP contribution in [0.5, 0.6) is 5.75 Å². The van der Waals surface area contributed by atoms with Crippen LogP contribution < -0.4 is 38.5 Å². The van der Waals surface area contributed by atoms with Gasteiger partial charge in [0.15, 0.2) is 11.4 Å². The zero-order valence-corrected chi connectivity index (χ0v) is 14.6. The highest BCUT2D eigenvalue weighted by atomic mass is 127. The van der Waals surface area contributed by atoms with Gasteiger partial charge in [-0.1, -0.05) is 19.9 Å². The van der Waals surface area contributed by atoms with E-state index in [1.807, 2.05) is 12.1 Å². The van der Waals surface area contributed by atoms with E-state index in [1.54, 1.807) is 7.05 Å². The van der Waals surface area contributed by atoms with Gasteiger partial charge in [-0.05, 0) is 17.5 Å². The molecule has 0 aromatic heterocycles. The van der Waals surface area contributed by atoms with Crippen LogP contribution in [-0.4, -0.2) is 34.3 Å². The first kappa shape index (κ1) is 18.2. The van der Waals surface area contributed by atoms with Crippen molar-refractivity contribution in [1.82, 2.24) is 9.80 Å². The van der Waals surface area contributed by atoms with Gasteiger partial charge in [0.05, 0.1) is 21.1 Å². The summed E-state index contributed by atoms with van der Waals surface area (Å²) in [6.45, 7) is 4.29. The van der Waals surface area contributed by atoms with Crippen molar-refractivity contribution in [2.24, 2.45) is 0 Å². The first-order chi connectivity index (χ1) is 8.25. The third-order valence-corrected chi connectivity index (χ3v) is 2.78. The molecule has 1 amide bonds. The molecule has 0 atom stereocenters. The van der Waals surface area contributed by atoms with Gasteiger partial charge in [-0.25, -0.2) is 4.79 Å². The number of quaternary nitrogens is 1. The second kappa shape index (κ2) is 7.09. The molecule has 1 aromatic carbocycles. The quantitative estimate of drug-likeness (QED) is 0.581. The Labute approximate surface area is 132 Å². The van der Waals surface area contributed by atoms with E-state index >= 15 is 0 Å². The number of hydrogen-bond acceptors (Lipinski definition) is 2. The van der Waals surface area contributed by atoms with Crippen molar-refractivity contribution in [3.05, 3.63) is 23.8 Å². The molecule has 19 heavy (non-hydrogen) atoms. The molecular weight excluding hydrogens is 355 g/mol. The zero-order valence-electron chi connectivity index (χ0n) is 12.5. The molecule has 0 aliphatic carbocycles. The summed E-state index contributed by atoms with van der Waals surface area (Å²) >= 11 is 0. The first-order valence-electron chi connectivity index (χ1n) is 6.11. The summed E-state index contributed by atoms with van der Waals surface area (Å²) < 4.78 is 5.89. The maximum Gasteiger partial charge on any atom is 0.412 e. The Morgan fingerprint density at radius 2 is 1.84 bits per heavy atom. The van der Waals surface area contributed by atoms with Gasteiger partial charge >= 0.3 is 6.09 Å². The van der Waals surface area contributed by atoms with E-state index in [4.69, 9.17) is 4.74 Å². The number of rotatable bonds is 3. The zero-order chi connectivity index (χ0) is 13.9. The van der Waals surface area contributed by atoms with Crippen molar-refractivity contribution in [3.63, 3.8) is 0 Å². The van der Waals surface area contributed by atoms with Crippen molar-refractivity contribution in [2.45, 2.75) is 19.8 Å². The smallest absolute Gasteiger partial charge is 0.412 e. The molecule has 0 unspecified atom stereocenters. The number of hydrogen-bond donors (Lipinski definition) is 1. The minimum Gasteiger partial charge on any atom is -1.00 e. The molecule has 108 valence electrons. The number of carbonyl (C=O) groups is 1. The molecule has 0 fully saturated rings. The molecule has 0 radical (unpaired) electrons. The van der Waals surface area contributed by atoms with Crippen LogP contribution in [-0.2, 0) is 0 Å². The van der Waals surface area contributed by atoms with Gasteiger partial charge < -0.3 is 34.0 Å². The molecule has 1 rings (SSSR count). The Balaban J connectivity index is 0.00000324. The molecule has 5 heteroatoms. The van der Waals surface area contributed by atoms with Gasteiger partial charge in [0.1, 0.15) is 0 Å². The minimum atomic E-state index is -0.443. The standard InChI is InChI=1S/C14H22N2O2.HI/c1-10(2)11-7-8-13(18-14(17)15-3)12(9-11)16(4,5)6;/h7-10H,1-6H3;1H. The highest BCUT2D eigenvalue weighted by Crippen LogP contribution is 2.33. The van der Waals surface area contributed by atoms with E-state index in [-0.39, 0.29) is 24.0 Å². The predicted octanol–water partition coefficient (Wildman–Crippen LogP) is -0.271. The van der Waals surface area contributed by atoms with Gasteiger partial charge in [0, 0.05) is 13.1 Å². The third-order valence-electron chi connectivity index (χ3n) is 2.78. The van der Waals surface area contributed by atoms with E-state index in [0.29, 0.717) is 16.2 Å². The number of carbonyl (C=O) groups excluding carboxylic acids is 1. The van der Waals surface area contributed by atoms with Crippen LogP contribution in [0.15, 0.2) is 18.2 Å². The summed E-state index contributed by atoms with van der Waals surface area (Å²) in [6.07, 6.45) is -0.443. The molecule has 1 N–H and O–H groups in total. The summed E-state index contributed by atoms with van der Waals surface area (Å²) in [5.74, 6) is 1.05. The molecular formula is C14H23IN2O2. The maximum atomic E-state index is 11.3. The number of nitrogens with zero attached hydrogens (tertiary/aromatic N) is 1. The Morgan fingerprint density at radius 1 is 1.26 bits per heavy atom. The van der Waals surface area contributed by atoms with Crippen LogP contribution in [0.4, 0.5) is 10.5 Å². The van der Waals surface area contributed by atoms with Crippen LogP contribution in [0.2, 0.25) is 0 Å². The lowest BCUT2D eigenvalue weighted by Gasteiger charge is -2.26. The van der Waals surface area contributed by atoms with E-state index in [2.05, 4.69) is 46.4 Å². The van der Waals surface area contributed by atoms with Crippen molar-refractivity contribution < 1.29 is 33.5 Å². The summed E-state index contributed by atoms with van der Waals surface area (Å²) in [5.41, 5.74) is 2.23. The molecule has 0 saturated carbocycles. The topological polar surface area (TPSA) is 38.3 Å². The molecule has 4 nitrogen and oxygen atoms in total. The van der Waals surface area contributed by atoms with Crippen LogP contribution in [0.3, 0.4) is 0 Å². The largest absolute Gasteiger partial charge is 1.00 e. The van der Waals surface area contributed by atoms with Gasteiger partial charge in [-0.15, -0.1) is 0 Å². The fourth-order valence-corrected chi connectivity index (χ4v) is 1.65. The lowest BCUT2D eigenvalue weighted by Crippen LogP contribution is -3.00. The van der Waals surface area contributed by atoms with Crippen molar-refractivity contribution in [2.75, 3.05) is 28.2 Å². The van der Waals surface area contributed by atoms with Gasteiger partial charge in [0.25, 0.3) is 0 Å². The normalized spacial score (nSPS) is 10.9. The minimum absolute atomic E-state index is 0. The van der Waals surface area contributed by atoms with Crippen molar-refractivity contribution in [3.8, 4) is 5.75 Å². The highest BCUT2D eigenvalue weighted by Gasteiger charge is 2.21. The fourth-order valence-electron chi connectivity index (χ4n) is 1.65. The highest BCUT2D eigenvalue weighted by molar-refractivity contribution is 5.73. The fraction of sp³-hybridized carbons (Fsp3) is 0.500.